The normalized spacial score (nSPS) is 14.7. The molecule has 0 saturated carbocycles. The Bertz CT molecular complexity index is 381. The maximum absolute atomic E-state index is 3.71. The summed E-state index contributed by atoms with van der Waals surface area (Å²) in [6.45, 7) is 14.7. The smallest absolute Gasteiger partial charge is 0.0351 e. The van der Waals surface area contributed by atoms with Gasteiger partial charge in [0, 0.05) is 6.04 Å². The zero-order chi connectivity index (χ0) is 14.4. The molecule has 1 heteroatoms. The van der Waals surface area contributed by atoms with Crippen molar-refractivity contribution in [2.75, 3.05) is 6.54 Å². The van der Waals surface area contributed by atoms with Crippen LogP contribution in [0.1, 0.15) is 64.3 Å². The van der Waals surface area contributed by atoms with Crippen LogP contribution >= 0.6 is 0 Å². The molecule has 108 valence electrons. The minimum atomic E-state index is 0.478. The first-order valence-electron chi connectivity index (χ1n) is 7.90. The van der Waals surface area contributed by atoms with Crippen molar-refractivity contribution in [2.24, 2.45) is 11.8 Å². The van der Waals surface area contributed by atoms with Crippen LogP contribution in [-0.4, -0.2) is 6.54 Å². The summed E-state index contributed by atoms with van der Waals surface area (Å²) in [5, 5.41) is 3.71. The van der Waals surface area contributed by atoms with Gasteiger partial charge in [-0.15, -0.1) is 0 Å². The van der Waals surface area contributed by atoms with Gasteiger partial charge in [0.15, 0.2) is 0 Å². The Morgan fingerprint density at radius 3 is 2.16 bits per heavy atom. The van der Waals surface area contributed by atoms with E-state index in [2.05, 4.69) is 65.1 Å². The summed E-state index contributed by atoms with van der Waals surface area (Å²) in [5.41, 5.74) is 4.46. The predicted octanol–water partition coefficient (Wildman–Crippen LogP) is 4.75. The summed E-state index contributed by atoms with van der Waals surface area (Å²) in [6.07, 6.45) is 2.23. The van der Waals surface area contributed by atoms with E-state index in [1.54, 1.807) is 0 Å². The molecule has 0 aliphatic carbocycles. The van der Waals surface area contributed by atoms with Gasteiger partial charge in [0.05, 0.1) is 0 Å². The van der Waals surface area contributed by atoms with Crippen LogP contribution in [-0.2, 0) is 12.8 Å². The molecule has 0 spiro atoms. The van der Waals surface area contributed by atoms with E-state index in [0.717, 1.165) is 19.4 Å². The molecule has 2 unspecified atom stereocenters. The first-order chi connectivity index (χ1) is 9.04. The number of rotatable bonds is 7. The molecule has 2 atom stereocenters. The molecule has 1 N–H and O–H groups in total. The maximum atomic E-state index is 3.71. The maximum Gasteiger partial charge on any atom is 0.0351 e. The Morgan fingerprint density at radius 2 is 1.68 bits per heavy atom. The number of hydrogen-bond donors (Lipinski definition) is 1. The van der Waals surface area contributed by atoms with Gasteiger partial charge in [0.1, 0.15) is 0 Å². The SMILES string of the molecule is CCNC(c1cc(CC)ccc1CC)C(C)C(C)C. The highest BCUT2D eigenvalue weighted by Crippen LogP contribution is 2.31. The molecule has 1 rings (SSSR count). The highest BCUT2D eigenvalue weighted by Gasteiger charge is 2.23. The van der Waals surface area contributed by atoms with Crippen LogP contribution in [0, 0.1) is 11.8 Å². The van der Waals surface area contributed by atoms with Gasteiger partial charge < -0.3 is 5.32 Å². The Hall–Kier alpha value is -0.820. The van der Waals surface area contributed by atoms with E-state index in [1.165, 1.54) is 16.7 Å². The minimum absolute atomic E-state index is 0.478. The topological polar surface area (TPSA) is 12.0 Å². The van der Waals surface area contributed by atoms with Crippen molar-refractivity contribution < 1.29 is 0 Å². The minimum Gasteiger partial charge on any atom is -0.310 e. The molecule has 0 aliphatic heterocycles. The lowest BCUT2D eigenvalue weighted by Gasteiger charge is -2.30. The van der Waals surface area contributed by atoms with Crippen LogP contribution in [0.5, 0.6) is 0 Å². The monoisotopic (exact) mass is 261 g/mol. The van der Waals surface area contributed by atoms with Crippen molar-refractivity contribution in [3.8, 4) is 0 Å². The lowest BCUT2D eigenvalue weighted by Crippen LogP contribution is -2.30. The van der Waals surface area contributed by atoms with Crippen LogP contribution in [0.15, 0.2) is 18.2 Å². The molecule has 0 fully saturated rings. The molecule has 0 bridgehead atoms. The van der Waals surface area contributed by atoms with Gasteiger partial charge in [-0.25, -0.2) is 0 Å². The molecule has 0 radical (unpaired) electrons. The zero-order valence-corrected chi connectivity index (χ0v) is 13.6. The summed E-state index contributed by atoms with van der Waals surface area (Å²) in [6, 6.07) is 7.51. The van der Waals surface area contributed by atoms with E-state index < -0.39 is 0 Å². The summed E-state index contributed by atoms with van der Waals surface area (Å²) in [7, 11) is 0. The van der Waals surface area contributed by atoms with Crippen LogP contribution in [0.3, 0.4) is 0 Å². The van der Waals surface area contributed by atoms with Gasteiger partial charge in [-0.2, -0.15) is 0 Å². The van der Waals surface area contributed by atoms with Crippen LogP contribution in [0.25, 0.3) is 0 Å². The fraction of sp³-hybridized carbons (Fsp3) is 0.667. The highest BCUT2D eigenvalue weighted by atomic mass is 14.9. The van der Waals surface area contributed by atoms with Crippen LogP contribution in [0.2, 0.25) is 0 Å². The van der Waals surface area contributed by atoms with Crippen molar-refractivity contribution in [1.82, 2.24) is 5.32 Å². The van der Waals surface area contributed by atoms with Crippen molar-refractivity contribution in [2.45, 2.75) is 60.4 Å². The third-order valence-electron chi connectivity index (χ3n) is 4.34. The fourth-order valence-corrected chi connectivity index (χ4v) is 2.66. The second-order valence-electron chi connectivity index (χ2n) is 5.88. The lowest BCUT2D eigenvalue weighted by atomic mass is 9.83. The van der Waals surface area contributed by atoms with Gasteiger partial charge in [-0.1, -0.05) is 59.7 Å². The van der Waals surface area contributed by atoms with Gasteiger partial charge in [-0.05, 0) is 47.9 Å². The summed E-state index contributed by atoms with van der Waals surface area (Å²) in [5.74, 6) is 1.34. The van der Waals surface area contributed by atoms with Crippen molar-refractivity contribution >= 4 is 0 Å². The quantitative estimate of drug-likeness (QED) is 0.746. The summed E-state index contributed by atoms with van der Waals surface area (Å²) in [4.78, 5) is 0. The molecule has 0 aromatic heterocycles. The van der Waals surface area contributed by atoms with Gasteiger partial charge in [0.25, 0.3) is 0 Å². The fourth-order valence-electron chi connectivity index (χ4n) is 2.66. The average Bonchev–Trinajstić information content (AvgIpc) is 2.43. The predicted molar refractivity (Wildman–Crippen MR) is 85.6 cm³/mol. The van der Waals surface area contributed by atoms with E-state index in [1.807, 2.05) is 0 Å². The third kappa shape index (κ3) is 4.07. The van der Waals surface area contributed by atoms with E-state index in [-0.39, 0.29) is 0 Å². The molecule has 1 aromatic rings. The van der Waals surface area contributed by atoms with Gasteiger partial charge in [-0.3, -0.25) is 0 Å². The van der Waals surface area contributed by atoms with E-state index >= 15 is 0 Å². The molecular formula is C18H31N. The molecule has 1 nitrogen and oxygen atoms in total. The first-order valence-corrected chi connectivity index (χ1v) is 7.90. The molecule has 1 aromatic carbocycles. The number of benzene rings is 1. The van der Waals surface area contributed by atoms with Gasteiger partial charge >= 0.3 is 0 Å². The molecule has 0 amide bonds. The number of aryl methyl sites for hydroxylation is 2. The lowest BCUT2D eigenvalue weighted by molar-refractivity contribution is 0.306. The first kappa shape index (κ1) is 16.2. The average molecular weight is 261 g/mol. The Labute approximate surface area is 119 Å². The largest absolute Gasteiger partial charge is 0.310 e. The second kappa shape index (κ2) is 7.69. The zero-order valence-electron chi connectivity index (χ0n) is 13.6. The van der Waals surface area contributed by atoms with Crippen molar-refractivity contribution in [1.29, 1.82) is 0 Å². The highest BCUT2D eigenvalue weighted by molar-refractivity contribution is 5.35. The molecule has 0 aliphatic rings. The van der Waals surface area contributed by atoms with E-state index in [4.69, 9.17) is 0 Å². The van der Waals surface area contributed by atoms with Crippen LogP contribution in [0.4, 0.5) is 0 Å². The van der Waals surface area contributed by atoms with Crippen LogP contribution < -0.4 is 5.32 Å². The van der Waals surface area contributed by atoms with Crippen molar-refractivity contribution in [3.05, 3.63) is 34.9 Å². The number of hydrogen-bond acceptors (Lipinski definition) is 1. The Kier molecular flexibility index (Phi) is 6.57. The van der Waals surface area contributed by atoms with E-state index in [0.29, 0.717) is 17.9 Å². The number of nitrogens with one attached hydrogen (secondary N) is 1. The van der Waals surface area contributed by atoms with Gasteiger partial charge in [0.2, 0.25) is 0 Å². The molecule has 19 heavy (non-hydrogen) atoms. The summed E-state index contributed by atoms with van der Waals surface area (Å²) < 4.78 is 0. The molecule has 0 saturated heterocycles. The summed E-state index contributed by atoms with van der Waals surface area (Å²) >= 11 is 0. The van der Waals surface area contributed by atoms with Crippen molar-refractivity contribution in [3.63, 3.8) is 0 Å². The second-order valence-corrected chi connectivity index (χ2v) is 5.88. The Morgan fingerprint density at radius 1 is 1.00 bits per heavy atom. The molecule has 0 heterocycles. The standard InChI is InChI=1S/C18H31N/c1-7-15-10-11-16(8-2)17(12-15)18(19-9-3)14(6)13(4)5/h10-14,18-19H,7-9H2,1-6H3. The molecular weight excluding hydrogens is 230 g/mol. The third-order valence-corrected chi connectivity index (χ3v) is 4.34. The Balaban J connectivity index is 3.19. The van der Waals surface area contributed by atoms with E-state index in [9.17, 15) is 0 Å².